The third kappa shape index (κ3) is 1.12. The van der Waals surface area contributed by atoms with Gasteiger partial charge in [-0.05, 0) is 43.6 Å². The van der Waals surface area contributed by atoms with E-state index in [2.05, 4.69) is 0 Å². The minimum atomic E-state index is 0.411. The average molecular weight is 164 g/mol. The quantitative estimate of drug-likeness (QED) is 0.613. The third-order valence-electron chi connectivity index (χ3n) is 3.28. The van der Waals surface area contributed by atoms with E-state index in [1.54, 1.807) is 0 Å². The normalized spacial score (nSPS) is 27.9. The van der Waals surface area contributed by atoms with Crippen molar-refractivity contribution in [2.45, 2.75) is 45.4 Å². The molecule has 0 N–H and O–H groups in total. The summed E-state index contributed by atoms with van der Waals surface area (Å²) in [4.78, 5) is 11.5. The van der Waals surface area contributed by atoms with Gasteiger partial charge in [-0.15, -0.1) is 0 Å². The van der Waals surface area contributed by atoms with Gasteiger partial charge in [0.2, 0.25) is 0 Å². The summed E-state index contributed by atoms with van der Waals surface area (Å²) in [7, 11) is 0. The molecular formula is C11H16O. The second kappa shape index (κ2) is 3.04. The molecule has 12 heavy (non-hydrogen) atoms. The van der Waals surface area contributed by atoms with Crippen LogP contribution in [0, 0.1) is 5.92 Å². The van der Waals surface area contributed by atoms with Crippen molar-refractivity contribution in [3.63, 3.8) is 0 Å². The minimum Gasteiger partial charge on any atom is -0.295 e. The topological polar surface area (TPSA) is 17.1 Å². The van der Waals surface area contributed by atoms with Crippen LogP contribution in [0.2, 0.25) is 0 Å². The van der Waals surface area contributed by atoms with Gasteiger partial charge in [0.1, 0.15) is 0 Å². The lowest BCUT2D eigenvalue weighted by Gasteiger charge is -2.02. The lowest BCUT2D eigenvalue weighted by molar-refractivity contribution is -0.115. The van der Waals surface area contributed by atoms with Crippen molar-refractivity contribution in [3.8, 4) is 0 Å². The second-order valence-electron chi connectivity index (χ2n) is 3.91. The SMILES string of the molecule is CCC(=O)C1=C2CCCC2CC1. The molecule has 1 atom stereocenters. The Bertz CT molecular complexity index is 237. The zero-order valence-electron chi connectivity index (χ0n) is 7.73. The smallest absolute Gasteiger partial charge is 0.158 e. The summed E-state index contributed by atoms with van der Waals surface area (Å²) in [6.07, 6.45) is 6.91. The first-order valence-corrected chi connectivity index (χ1v) is 5.08. The van der Waals surface area contributed by atoms with Gasteiger partial charge in [-0.25, -0.2) is 0 Å². The molecule has 0 spiro atoms. The lowest BCUT2D eigenvalue weighted by atomic mass is 10.0. The van der Waals surface area contributed by atoms with E-state index in [1.807, 2.05) is 6.92 Å². The van der Waals surface area contributed by atoms with Crippen LogP contribution >= 0.6 is 0 Å². The maximum absolute atomic E-state index is 11.5. The Morgan fingerprint density at radius 1 is 1.42 bits per heavy atom. The van der Waals surface area contributed by atoms with Crippen molar-refractivity contribution in [3.05, 3.63) is 11.1 Å². The summed E-state index contributed by atoms with van der Waals surface area (Å²) in [6.45, 7) is 1.97. The van der Waals surface area contributed by atoms with Crippen molar-refractivity contribution in [2.75, 3.05) is 0 Å². The fourth-order valence-electron chi connectivity index (χ4n) is 2.64. The molecule has 1 nitrogen and oxygen atoms in total. The molecule has 0 aliphatic heterocycles. The predicted molar refractivity (Wildman–Crippen MR) is 48.9 cm³/mol. The number of rotatable bonds is 2. The second-order valence-corrected chi connectivity index (χ2v) is 3.91. The van der Waals surface area contributed by atoms with Crippen LogP contribution in [0.5, 0.6) is 0 Å². The first-order valence-electron chi connectivity index (χ1n) is 5.08. The molecule has 0 heterocycles. The Kier molecular flexibility index (Phi) is 2.03. The Morgan fingerprint density at radius 2 is 2.25 bits per heavy atom. The van der Waals surface area contributed by atoms with Crippen LogP contribution in [0.3, 0.4) is 0 Å². The third-order valence-corrected chi connectivity index (χ3v) is 3.28. The highest BCUT2D eigenvalue weighted by Gasteiger charge is 2.31. The van der Waals surface area contributed by atoms with Crippen molar-refractivity contribution < 1.29 is 4.79 Å². The standard InChI is InChI=1S/C11H16O/c1-2-11(12)10-7-6-8-4-3-5-9(8)10/h8H,2-7H2,1H3. The van der Waals surface area contributed by atoms with Crippen LogP contribution in [-0.2, 0) is 4.79 Å². The molecule has 0 aromatic heterocycles. The van der Waals surface area contributed by atoms with Crippen molar-refractivity contribution in [1.29, 1.82) is 0 Å². The first-order chi connectivity index (χ1) is 5.83. The van der Waals surface area contributed by atoms with E-state index in [-0.39, 0.29) is 0 Å². The van der Waals surface area contributed by atoms with E-state index in [4.69, 9.17) is 0 Å². The molecule has 1 heteroatoms. The summed E-state index contributed by atoms with van der Waals surface area (Å²) in [6, 6.07) is 0. The molecule has 1 unspecified atom stereocenters. The number of carbonyl (C=O) groups is 1. The molecular weight excluding hydrogens is 148 g/mol. The highest BCUT2D eigenvalue weighted by atomic mass is 16.1. The van der Waals surface area contributed by atoms with Gasteiger partial charge in [-0.3, -0.25) is 4.79 Å². The molecule has 0 radical (unpaired) electrons. The largest absolute Gasteiger partial charge is 0.295 e. The molecule has 66 valence electrons. The zero-order chi connectivity index (χ0) is 8.55. The highest BCUT2D eigenvalue weighted by Crippen LogP contribution is 2.43. The number of allylic oxidation sites excluding steroid dienone is 2. The molecule has 0 aromatic carbocycles. The zero-order valence-corrected chi connectivity index (χ0v) is 7.73. The molecule has 0 amide bonds. The monoisotopic (exact) mass is 164 g/mol. The van der Waals surface area contributed by atoms with Gasteiger partial charge in [0, 0.05) is 6.42 Å². The van der Waals surface area contributed by atoms with Gasteiger partial charge in [0.05, 0.1) is 0 Å². The summed E-state index contributed by atoms with van der Waals surface area (Å²) >= 11 is 0. The van der Waals surface area contributed by atoms with Gasteiger partial charge in [-0.2, -0.15) is 0 Å². The Balaban J connectivity index is 2.24. The molecule has 2 aliphatic carbocycles. The van der Waals surface area contributed by atoms with Gasteiger partial charge >= 0.3 is 0 Å². The minimum absolute atomic E-state index is 0.411. The number of hydrogen-bond donors (Lipinski definition) is 0. The van der Waals surface area contributed by atoms with E-state index >= 15 is 0 Å². The van der Waals surface area contributed by atoms with E-state index in [0.29, 0.717) is 12.2 Å². The maximum atomic E-state index is 11.5. The van der Waals surface area contributed by atoms with Gasteiger partial charge in [-0.1, -0.05) is 12.5 Å². The summed E-state index contributed by atoms with van der Waals surface area (Å²) in [5.41, 5.74) is 2.74. The number of ketones is 1. The van der Waals surface area contributed by atoms with Crippen LogP contribution < -0.4 is 0 Å². The van der Waals surface area contributed by atoms with Gasteiger partial charge < -0.3 is 0 Å². The number of hydrogen-bond acceptors (Lipinski definition) is 1. The number of carbonyl (C=O) groups excluding carboxylic acids is 1. The van der Waals surface area contributed by atoms with Gasteiger partial charge in [0.15, 0.2) is 5.78 Å². The van der Waals surface area contributed by atoms with Crippen molar-refractivity contribution >= 4 is 5.78 Å². The molecule has 1 saturated carbocycles. The Hall–Kier alpha value is -0.590. The molecule has 1 fully saturated rings. The summed E-state index contributed by atoms with van der Waals surface area (Å²) in [5, 5.41) is 0. The molecule has 0 saturated heterocycles. The number of Topliss-reactive ketones (excluding diaryl/α,β-unsaturated/α-hetero) is 1. The Labute approximate surface area is 73.8 Å². The average Bonchev–Trinajstić information content (AvgIpc) is 2.62. The van der Waals surface area contributed by atoms with Crippen molar-refractivity contribution in [2.24, 2.45) is 5.92 Å². The number of fused-ring (bicyclic) bond motifs is 1. The Morgan fingerprint density at radius 3 is 3.00 bits per heavy atom. The summed E-state index contributed by atoms with van der Waals surface area (Å²) in [5.74, 6) is 1.21. The molecule has 2 rings (SSSR count). The molecule has 0 bridgehead atoms. The van der Waals surface area contributed by atoms with Crippen LogP contribution in [0.15, 0.2) is 11.1 Å². The first kappa shape index (κ1) is 8.03. The van der Waals surface area contributed by atoms with Crippen molar-refractivity contribution in [1.82, 2.24) is 0 Å². The van der Waals surface area contributed by atoms with E-state index in [1.165, 1.54) is 36.8 Å². The maximum Gasteiger partial charge on any atom is 0.158 e. The van der Waals surface area contributed by atoms with Crippen LogP contribution in [-0.4, -0.2) is 5.78 Å². The fourth-order valence-corrected chi connectivity index (χ4v) is 2.64. The molecule has 0 aromatic rings. The van der Waals surface area contributed by atoms with E-state index < -0.39 is 0 Å². The van der Waals surface area contributed by atoms with Crippen LogP contribution in [0.4, 0.5) is 0 Å². The molecule has 2 aliphatic rings. The summed E-state index contributed by atoms with van der Waals surface area (Å²) < 4.78 is 0. The highest BCUT2D eigenvalue weighted by molar-refractivity contribution is 5.96. The van der Waals surface area contributed by atoms with E-state index in [9.17, 15) is 4.79 Å². The lowest BCUT2D eigenvalue weighted by Crippen LogP contribution is -1.99. The van der Waals surface area contributed by atoms with Crippen LogP contribution in [0.25, 0.3) is 0 Å². The van der Waals surface area contributed by atoms with E-state index in [0.717, 1.165) is 12.3 Å². The predicted octanol–water partition coefficient (Wildman–Crippen LogP) is 2.86. The van der Waals surface area contributed by atoms with Crippen LogP contribution in [0.1, 0.15) is 45.4 Å². The van der Waals surface area contributed by atoms with Gasteiger partial charge in [0.25, 0.3) is 0 Å². The fraction of sp³-hybridized carbons (Fsp3) is 0.727.